The molecule has 0 aliphatic heterocycles. The summed E-state index contributed by atoms with van der Waals surface area (Å²) in [5.74, 6) is -0.709. The van der Waals surface area contributed by atoms with Crippen molar-refractivity contribution in [2.75, 3.05) is 24.4 Å². The minimum absolute atomic E-state index is 0.267. The number of nitrogens with one attached hydrogen (secondary N) is 1. The number of hydrogen-bond acceptors (Lipinski definition) is 6. The van der Waals surface area contributed by atoms with Crippen molar-refractivity contribution in [2.24, 2.45) is 0 Å². The van der Waals surface area contributed by atoms with Crippen LogP contribution in [0.25, 0.3) is 0 Å². The van der Waals surface area contributed by atoms with Crippen LogP contribution in [0, 0.1) is 5.82 Å². The lowest BCUT2D eigenvalue weighted by atomic mass is 10.2. The normalized spacial score (nSPS) is 10.4. The van der Waals surface area contributed by atoms with E-state index in [1.54, 1.807) is 12.1 Å². The summed E-state index contributed by atoms with van der Waals surface area (Å²) >= 11 is 2.72. The number of rotatable bonds is 5. The molecule has 0 fully saturated rings. The molecule has 1 aromatic heterocycles. The van der Waals surface area contributed by atoms with Crippen molar-refractivity contribution in [3.05, 3.63) is 40.5 Å². The second-order valence-electron chi connectivity index (χ2n) is 4.18. The molecule has 1 aromatic carbocycles. The molecular weight excluding hydrogens is 311 g/mol. The molecule has 4 nitrogen and oxygen atoms in total. The van der Waals surface area contributed by atoms with Gasteiger partial charge in [0.2, 0.25) is 0 Å². The Kier molecular flexibility index (Phi) is 5.08. The number of nitrogens with two attached hydrogens (primary N) is 1. The first-order valence-corrected chi connectivity index (χ1v) is 8.13. The van der Waals surface area contributed by atoms with Gasteiger partial charge in [-0.3, -0.25) is 0 Å². The third kappa shape index (κ3) is 3.48. The molecule has 0 atom stereocenters. The number of methoxy groups -OCH3 is 1. The van der Waals surface area contributed by atoms with E-state index in [9.17, 15) is 9.18 Å². The molecule has 7 heteroatoms. The summed E-state index contributed by atoms with van der Waals surface area (Å²) in [6.45, 7) is 0.522. The summed E-state index contributed by atoms with van der Waals surface area (Å²) in [5, 5.41) is 4.04. The maximum absolute atomic E-state index is 12.9. The molecular formula is C14H15FN2O2S2. The predicted octanol–water partition coefficient (Wildman–Crippen LogP) is 3.59. The molecule has 112 valence electrons. The zero-order valence-corrected chi connectivity index (χ0v) is 13.2. The van der Waals surface area contributed by atoms with Crippen LogP contribution in [0.2, 0.25) is 0 Å². The van der Waals surface area contributed by atoms with Gasteiger partial charge in [0.25, 0.3) is 0 Å². The maximum atomic E-state index is 12.9. The van der Waals surface area contributed by atoms with Crippen LogP contribution in [0.3, 0.4) is 0 Å². The number of benzene rings is 1. The number of esters is 1. The lowest BCUT2D eigenvalue weighted by Crippen LogP contribution is -2.01. The zero-order valence-electron chi connectivity index (χ0n) is 11.6. The molecule has 0 saturated carbocycles. The molecule has 3 N–H and O–H groups in total. The van der Waals surface area contributed by atoms with Crippen LogP contribution in [0.15, 0.2) is 29.2 Å². The highest BCUT2D eigenvalue weighted by atomic mass is 32.2. The number of thiophene rings is 1. The van der Waals surface area contributed by atoms with Crippen molar-refractivity contribution >= 4 is 39.8 Å². The quantitative estimate of drug-likeness (QED) is 0.649. The number of thioether (sulfide) groups is 1. The first-order chi connectivity index (χ1) is 10.1. The van der Waals surface area contributed by atoms with Gasteiger partial charge in [-0.1, -0.05) is 12.1 Å². The number of anilines is 2. The molecule has 0 unspecified atom stereocenters. The van der Waals surface area contributed by atoms with Crippen LogP contribution in [0.5, 0.6) is 0 Å². The minimum Gasteiger partial charge on any atom is -0.465 e. The highest BCUT2D eigenvalue weighted by molar-refractivity contribution is 7.99. The number of nitrogen functional groups attached to an aromatic ring is 1. The summed E-state index contributed by atoms with van der Waals surface area (Å²) in [6.07, 6.45) is 1.89. The average molecular weight is 326 g/mol. The van der Waals surface area contributed by atoms with Gasteiger partial charge in [0.05, 0.1) is 17.7 Å². The Hall–Kier alpha value is -1.73. The average Bonchev–Trinajstić information content (AvgIpc) is 2.82. The number of carbonyl (C=O) groups excluding carboxylic acids is 1. The van der Waals surface area contributed by atoms with Crippen molar-refractivity contribution in [3.63, 3.8) is 0 Å². The van der Waals surface area contributed by atoms with E-state index in [1.165, 1.54) is 42.3 Å². The fourth-order valence-electron chi connectivity index (χ4n) is 1.78. The second kappa shape index (κ2) is 6.82. The first-order valence-electron chi connectivity index (χ1n) is 6.09. The first kappa shape index (κ1) is 15.7. The molecule has 2 rings (SSSR count). The number of halogens is 1. The van der Waals surface area contributed by atoms with Gasteiger partial charge in [0.15, 0.2) is 0 Å². The molecule has 2 aromatic rings. The van der Waals surface area contributed by atoms with Crippen molar-refractivity contribution in [1.29, 1.82) is 0 Å². The van der Waals surface area contributed by atoms with E-state index in [-0.39, 0.29) is 5.82 Å². The summed E-state index contributed by atoms with van der Waals surface area (Å²) < 4.78 is 17.6. The van der Waals surface area contributed by atoms with Gasteiger partial charge in [-0.25, -0.2) is 9.18 Å². The van der Waals surface area contributed by atoms with Crippen molar-refractivity contribution in [1.82, 2.24) is 0 Å². The number of carbonyl (C=O) groups is 1. The molecule has 0 saturated heterocycles. The maximum Gasteiger partial charge on any atom is 0.350 e. The Bertz CT molecular complexity index is 641. The van der Waals surface area contributed by atoms with E-state index in [2.05, 4.69) is 5.32 Å². The molecule has 0 aliphatic rings. The number of ether oxygens (including phenoxy) is 1. The van der Waals surface area contributed by atoms with Crippen molar-refractivity contribution < 1.29 is 13.9 Å². The summed E-state index contributed by atoms with van der Waals surface area (Å²) in [5.41, 5.74) is 7.35. The smallest absolute Gasteiger partial charge is 0.350 e. The van der Waals surface area contributed by atoms with Gasteiger partial charge in [-0.15, -0.1) is 23.1 Å². The zero-order chi connectivity index (χ0) is 15.4. The van der Waals surface area contributed by atoms with E-state index in [0.717, 1.165) is 15.5 Å². The molecule has 0 aliphatic carbocycles. The van der Waals surface area contributed by atoms with Crippen LogP contribution in [0.1, 0.15) is 15.2 Å². The summed E-state index contributed by atoms with van der Waals surface area (Å²) in [4.78, 5) is 12.9. The molecule has 0 bridgehead atoms. The molecule has 0 spiro atoms. The van der Waals surface area contributed by atoms with E-state index in [0.29, 0.717) is 17.1 Å². The van der Waals surface area contributed by atoms with Crippen LogP contribution >= 0.6 is 23.1 Å². The molecule has 1 heterocycles. The van der Waals surface area contributed by atoms with Crippen LogP contribution in [0.4, 0.5) is 15.1 Å². The van der Waals surface area contributed by atoms with E-state index in [1.807, 2.05) is 6.26 Å². The van der Waals surface area contributed by atoms with Crippen molar-refractivity contribution in [3.8, 4) is 0 Å². The van der Waals surface area contributed by atoms with Gasteiger partial charge in [-0.05, 0) is 24.0 Å². The second-order valence-corrected chi connectivity index (χ2v) is 6.02. The van der Waals surface area contributed by atoms with E-state index >= 15 is 0 Å². The lowest BCUT2D eigenvalue weighted by Gasteiger charge is -2.06. The van der Waals surface area contributed by atoms with E-state index in [4.69, 9.17) is 10.5 Å². The van der Waals surface area contributed by atoms with Crippen LogP contribution in [-0.2, 0) is 11.3 Å². The molecule has 0 radical (unpaired) electrons. The minimum atomic E-state index is -0.442. The van der Waals surface area contributed by atoms with Gasteiger partial charge in [-0.2, -0.15) is 0 Å². The highest BCUT2D eigenvalue weighted by Crippen LogP contribution is 2.42. The third-order valence-corrected chi connectivity index (χ3v) is 4.95. The lowest BCUT2D eigenvalue weighted by molar-refractivity contribution is 0.0607. The van der Waals surface area contributed by atoms with Crippen LogP contribution in [-0.4, -0.2) is 19.3 Å². The predicted molar refractivity (Wildman–Crippen MR) is 85.6 cm³/mol. The Morgan fingerprint density at radius 3 is 2.67 bits per heavy atom. The fourth-order valence-corrected chi connectivity index (χ4v) is 3.73. The Balaban J connectivity index is 2.19. The topological polar surface area (TPSA) is 64.3 Å². The van der Waals surface area contributed by atoms with Gasteiger partial charge >= 0.3 is 5.97 Å². The Morgan fingerprint density at radius 1 is 1.43 bits per heavy atom. The summed E-state index contributed by atoms with van der Waals surface area (Å²) in [6, 6.07) is 6.24. The highest BCUT2D eigenvalue weighted by Gasteiger charge is 2.20. The largest absolute Gasteiger partial charge is 0.465 e. The molecule has 21 heavy (non-hydrogen) atoms. The van der Waals surface area contributed by atoms with Crippen LogP contribution < -0.4 is 11.1 Å². The molecule has 0 amide bonds. The van der Waals surface area contributed by atoms with Gasteiger partial charge in [0, 0.05) is 6.54 Å². The monoisotopic (exact) mass is 326 g/mol. The van der Waals surface area contributed by atoms with Gasteiger partial charge in [0.1, 0.15) is 15.7 Å². The Morgan fingerprint density at radius 2 is 2.10 bits per heavy atom. The third-order valence-electron chi connectivity index (χ3n) is 2.84. The van der Waals surface area contributed by atoms with Gasteiger partial charge < -0.3 is 15.8 Å². The number of hydrogen-bond donors (Lipinski definition) is 2. The Labute approximate surface area is 130 Å². The SMILES string of the molecule is COC(=O)c1sc(NCc2ccc(F)cc2)c(SC)c1N. The summed E-state index contributed by atoms with van der Waals surface area (Å²) in [7, 11) is 1.33. The van der Waals surface area contributed by atoms with E-state index < -0.39 is 5.97 Å². The van der Waals surface area contributed by atoms with Crippen molar-refractivity contribution in [2.45, 2.75) is 11.4 Å². The fraction of sp³-hybridized carbons (Fsp3) is 0.214. The standard InChI is InChI=1S/C14H15FN2O2S2/c1-19-14(18)12-10(16)11(20-2)13(21-12)17-7-8-3-5-9(15)6-4-8/h3-6,17H,7,16H2,1-2H3.